The van der Waals surface area contributed by atoms with Gasteiger partial charge < -0.3 is 9.47 Å². The van der Waals surface area contributed by atoms with E-state index in [9.17, 15) is 4.79 Å². The van der Waals surface area contributed by atoms with Crippen LogP contribution < -0.4 is 5.32 Å². The van der Waals surface area contributed by atoms with Crippen LogP contribution in [0.15, 0.2) is 17.9 Å². The Balaban J connectivity index is 1.80. The number of benzene rings is 1. The van der Waals surface area contributed by atoms with Crippen molar-refractivity contribution >= 4 is 11.5 Å². The van der Waals surface area contributed by atoms with Crippen molar-refractivity contribution in [3.05, 3.63) is 40.1 Å². The molecular weight excluding hydrogens is 326 g/mol. The van der Waals surface area contributed by atoms with Gasteiger partial charge in [0.2, 0.25) is 0 Å². The van der Waals surface area contributed by atoms with Crippen molar-refractivity contribution in [1.29, 1.82) is 0 Å². The lowest BCUT2D eigenvalue weighted by atomic mass is 9.89. The van der Waals surface area contributed by atoms with Gasteiger partial charge in [0.1, 0.15) is 12.3 Å². The number of nitrogens with one attached hydrogen (secondary N) is 1. The summed E-state index contributed by atoms with van der Waals surface area (Å²) in [6.45, 7) is 7.50. The molecule has 4 rings (SSSR count). The number of hydrogen-bond acceptors (Lipinski definition) is 4. The molecule has 3 aliphatic rings. The third kappa shape index (κ3) is 2.94. The van der Waals surface area contributed by atoms with Crippen molar-refractivity contribution in [3.8, 4) is 0 Å². The Morgan fingerprint density at radius 2 is 1.85 bits per heavy atom. The van der Waals surface area contributed by atoms with Gasteiger partial charge in [-0.3, -0.25) is 5.32 Å². The number of aryl methyl sites for hydroxylation is 2. The molecule has 0 atom stereocenters. The Hall–Kier alpha value is -1.81. The van der Waals surface area contributed by atoms with E-state index in [4.69, 9.17) is 9.47 Å². The van der Waals surface area contributed by atoms with Gasteiger partial charge >= 0.3 is 5.97 Å². The Morgan fingerprint density at radius 3 is 2.42 bits per heavy atom. The van der Waals surface area contributed by atoms with Crippen LogP contribution in [-0.4, -0.2) is 24.8 Å². The molecule has 140 valence electrons. The maximum Gasteiger partial charge on any atom is 0.343 e. The summed E-state index contributed by atoms with van der Waals surface area (Å²) < 4.78 is 12.1. The second-order valence-electron chi connectivity index (χ2n) is 7.99. The number of carbonyl (C=O) groups excluding carboxylic acids is 1. The number of rotatable bonds is 6. The largest absolute Gasteiger partial charge is 0.478 e. The minimum absolute atomic E-state index is 0.219. The Morgan fingerprint density at radius 1 is 1.19 bits per heavy atom. The van der Waals surface area contributed by atoms with Crippen molar-refractivity contribution in [3.63, 3.8) is 0 Å². The van der Waals surface area contributed by atoms with Crippen molar-refractivity contribution in [1.82, 2.24) is 5.32 Å². The molecular formula is C22H29NO3. The zero-order valence-corrected chi connectivity index (χ0v) is 16.1. The molecule has 0 amide bonds. The fourth-order valence-corrected chi connectivity index (χ4v) is 4.56. The van der Waals surface area contributed by atoms with Gasteiger partial charge in [-0.25, -0.2) is 4.79 Å². The molecule has 1 spiro atoms. The summed E-state index contributed by atoms with van der Waals surface area (Å²) in [5, 5.41) is 3.21. The van der Waals surface area contributed by atoms with Crippen LogP contribution in [0, 0.1) is 13.8 Å². The van der Waals surface area contributed by atoms with E-state index < -0.39 is 5.60 Å². The van der Waals surface area contributed by atoms with Crippen molar-refractivity contribution < 1.29 is 14.3 Å². The predicted molar refractivity (Wildman–Crippen MR) is 102 cm³/mol. The molecule has 1 aromatic rings. The lowest BCUT2D eigenvalue weighted by molar-refractivity contribution is -0.146. The molecule has 2 aliphatic carbocycles. The van der Waals surface area contributed by atoms with Gasteiger partial charge in [-0.1, -0.05) is 19.1 Å². The quantitative estimate of drug-likeness (QED) is 0.468. The molecule has 0 saturated heterocycles. The SMILES string of the molecule is CCNCOC1=C(c2c(C)cc(C3CC3)cc2C)C(=O)OC12CCCC2. The third-order valence-corrected chi connectivity index (χ3v) is 5.97. The molecule has 1 aliphatic heterocycles. The molecule has 1 aromatic carbocycles. The Bertz CT molecular complexity index is 732. The van der Waals surface area contributed by atoms with E-state index in [0.717, 1.165) is 54.7 Å². The van der Waals surface area contributed by atoms with Gasteiger partial charge in [-0.15, -0.1) is 0 Å². The smallest absolute Gasteiger partial charge is 0.343 e. The van der Waals surface area contributed by atoms with E-state index in [1.54, 1.807) is 0 Å². The Labute approximate surface area is 156 Å². The molecule has 2 saturated carbocycles. The lowest BCUT2D eigenvalue weighted by Gasteiger charge is -2.25. The zero-order valence-electron chi connectivity index (χ0n) is 16.1. The normalized spacial score (nSPS) is 21.6. The zero-order chi connectivity index (χ0) is 18.3. The molecule has 0 unspecified atom stereocenters. The van der Waals surface area contributed by atoms with Crippen LogP contribution in [0.5, 0.6) is 0 Å². The summed E-state index contributed by atoms with van der Waals surface area (Å²) >= 11 is 0. The standard InChI is InChI=1S/C22H29NO3/c1-4-23-13-25-20-19(21(24)26-22(20)9-5-6-10-22)18-14(2)11-17(12-15(18)3)16-7-8-16/h11-12,16,23H,4-10,13H2,1-3H3. The molecule has 26 heavy (non-hydrogen) atoms. The second kappa shape index (κ2) is 6.73. The number of carbonyl (C=O) groups is 1. The molecule has 0 bridgehead atoms. The third-order valence-electron chi connectivity index (χ3n) is 5.97. The first-order valence-electron chi connectivity index (χ1n) is 9.99. The second-order valence-corrected chi connectivity index (χ2v) is 7.99. The van der Waals surface area contributed by atoms with Gasteiger partial charge in [0.25, 0.3) is 0 Å². The average molecular weight is 355 g/mol. The summed E-state index contributed by atoms with van der Waals surface area (Å²) in [6.07, 6.45) is 6.44. The fraction of sp³-hybridized carbons (Fsp3) is 0.591. The highest BCUT2D eigenvalue weighted by Crippen LogP contribution is 2.49. The van der Waals surface area contributed by atoms with Crippen LogP contribution in [0.1, 0.15) is 73.6 Å². The van der Waals surface area contributed by atoms with Crippen LogP contribution in [-0.2, 0) is 14.3 Å². The van der Waals surface area contributed by atoms with Gasteiger partial charge in [-0.05, 0) is 87.1 Å². The highest BCUT2D eigenvalue weighted by atomic mass is 16.6. The summed E-state index contributed by atoms with van der Waals surface area (Å²) in [4.78, 5) is 12.9. The Kier molecular flexibility index (Phi) is 4.55. The minimum Gasteiger partial charge on any atom is -0.478 e. The predicted octanol–water partition coefficient (Wildman–Crippen LogP) is 4.35. The topological polar surface area (TPSA) is 47.6 Å². The maximum atomic E-state index is 12.9. The molecule has 1 heterocycles. The van der Waals surface area contributed by atoms with Crippen LogP contribution >= 0.6 is 0 Å². The van der Waals surface area contributed by atoms with Crippen LogP contribution in [0.2, 0.25) is 0 Å². The van der Waals surface area contributed by atoms with Gasteiger partial charge in [0.15, 0.2) is 11.4 Å². The van der Waals surface area contributed by atoms with E-state index in [1.807, 2.05) is 6.92 Å². The molecule has 4 nitrogen and oxygen atoms in total. The van der Waals surface area contributed by atoms with Crippen molar-refractivity contribution in [2.45, 2.75) is 70.8 Å². The summed E-state index contributed by atoms with van der Waals surface area (Å²) in [7, 11) is 0. The van der Waals surface area contributed by atoms with Crippen molar-refractivity contribution in [2.75, 3.05) is 13.3 Å². The van der Waals surface area contributed by atoms with Crippen LogP contribution in [0.25, 0.3) is 5.57 Å². The highest BCUT2D eigenvalue weighted by Gasteiger charge is 2.51. The summed E-state index contributed by atoms with van der Waals surface area (Å²) in [6, 6.07) is 4.50. The summed E-state index contributed by atoms with van der Waals surface area (Å²) in [5.41, 5.74) is 4.82. The van der Waals surface area contributed by atoms with Crippen molar-refractivity contribution in [2.24, 2.45) is 0 Å². The van der Waals surface area contributed by atoms with Gasteiger partial charge in [-0.2, -0.15) is 0 Å². The number of esters is 1. The van der Waals surface area contributed by atoms with E-state index >= 15 is 0 Å². The minimum atomic E-state index is -0.546. The first-order valence-corrected chi connectivity index (χ1v) is 9.99. The average Bonchev–Trinajstić information content (AvgIpc) is 3.30. The maximum absolute atomic E-state index is 12.9. The molecule has 1 N–H and O–H groups in total. The fourth-order valence-electron chi connectivity index (χ4n) is 4.56. The van der Waals surface area contributed by atoms with Crippen LogP contribution in [0.4, 0.5) is 0 Å². The molecule has 0 aromatic heterocycles. The molecule has 2 fully saturated rings. The monoisotopic (exact) mass is 355 g/mol. The van der Waals surface area contributed by atoms with E-state index in [0.29, 0.717) is 18.2 Å². The van der Waals surface area contributed by atoms with E-state index in [2.05, 4.69) is 31.3 Å². The molecule has 4 heteroatoms. The van der Waals surface area contributed by atoms with Gasteiger partial charge in [0.05, 0.1) is 0 Å². The first kappa shape index (κ1) is 17.6. The van der Waals surface area contributed by atoms with Gasteiger partial charge in [0, 0.05) is 0 Å². The lowest BCUT2D eigenvalue weighted by Crippen LogP contribution is -2.31. The summed E-state index contributed by atoms with van der Waals surface area (Å²) in [5.74, 6) is 1.24. The number of ether oxygens (including phenoxy) is 2. The number of hydrogen-bond donors (Lipinski definition) is 1. The van der Waals surface area contributed by atoms with E-state index in [-0.39, 0.29) is 5.97 Å². The molecule has 0 radical (unpaired) electrons. The van der Waals surface area contributed by atoms with Crippen LogP contribution in [0.3, 0.4) is 0 Å². The highest BCUT2D eigenvalue weighted by molar-refractivity contribution is 6.20. The first-order chi connectivity index (χ1) is 12.6. The van der Waals surface area contributed by atoms with E-state index in [1.165, 1.54) is 18.4 Å².